The Kier molecular flexibility index (Phi) is 4.09. The number of carboxylic acids is 1. The second-order valence-corrected chi connectivity index (χ2v) is 4.95. The number of hydrogen-bond acceptors (Lipinski definition) is 5. The third kappa shape index (κ3) is 3.23. The molecule has 7 nitrogen and oxygen atoms in total. The molecule has 0 fully saturated rings. The lowest BCUT2D eigenvalue weighted by atomic mass is 10.2. The van der Waals surface area contributed by atoms with E-state index in [9.17, 15) is 9.90 Å². The van der Waals surface area contributed by atoms with Crippen LogP contribution in [0.25, 0.3) is 11.5 Å². The highest BCUT2D eigenvalue weighted by Crippen LogP contribution is 2.23. The van der Waals surface area contributed by atoms with Crippen molar-refractivity contribution < 1.29 is 19.1 Å². The summed E-state index contributed by atoms with van der Waals surface area (Å²) in [6.45, 7) is 2.69. The molecule has 1 N–H and O–H groups in total. The average molecular weight is 313 g/mol. The number of carboxylic acid groups (broad SMARTS) is 1. The molecule has 3 rings (SSSR count). The van der Waals surface area contributed by atoms with E-state index in [0.717, 1.165) is 11.3 Å². The molecule has 7 heteroatoms. The summed E-state index contributed by atoms with van der Waals surface area (Å²) < 4.78 is 12.4. The van der Waals surface area contributed by atoms with Gasteiger partial charge in [-0.1, -0.05) is 22.9 Å². The second kappa shape index (κ2) is 6.35. The van der Waals surface area contributed by atoms with E-state index in [-0.39, 0.29) is 5.69 Å². The van der Waals surface area contributed by atoms with Gasteiger partial charge in [-0.25, -0.2) is 9.48 Å². The summed E-state index contributed by atoms with van der Waals surface area (Å²) in [4.78, 5) is 11.3. The van der Waals surface area contributed by atoms with Crippen LogP contribution in [0.2, 0.25) is 0 Å². The largest absolute Gasteiger partial charge is 0.492 e. The van der Waals surface area contributed by atoms with Crippen LogP contribution in [0.4, 0.5) is 0 Å². The van der Waals surface area contributed by atoms with Gasteiger partial charge in [-0.2, -0.15) is 0 Å². The lowest BCUT2D eigenvalue weighted by Crippen LogP contribution is -2.11. The number of furan rings is 1. The van der Waals surface area contributed by atoms with Crippen LogP contribution >= 0.6 is 0 Å². The molecule has 0 aliphatic heterocycles. The lowest BCUT2D eigenvalue weighted by molar-refractivity contribution is 0.0691. The molecular formula is C16H15N3O4. The number of nitrogens with zero attached hydrogens (tertiary/aromatic N) is 3. The highest BCUT2D eigenvalue weighted by atomic mass is 16.5. The maximum absolute atomic E-state index is 11.3. The van der Waals surface area contributed by atoms with E-state index in [4.69, 9.17) is 9.15 Å². The number of aromatic nitrogens is 3. The van der Waals surface area contributed by atoms with Crippen molar-refractivity contribution in [2.75, 3.05) is 6.61 Å². The van der Waals surface area contributed by atoms with Gasteiger partial charge in [-0.3, -0.25) is 0 Å². The Morgan fingerprint density at radius 3 is 2.74 bits per heavy atom. The van der Waals surface area contributed by atoms with Crippen molar-refractivity contribution >= 4 is 5.97 Å². The first-order valence-corrected chi connectivity index (χ1v) is 7.05. The van der Waals surface area contributed by atoms with Gasteiger partial charge in [-0.05, 0) is 31.2 Å². The van der Waals surface area contributed by atoms with Crippen LogP contribution in [-0.4, -0.2) is 32.7 Å². The number of aryl methyl sites for hydroxylation is 1. The summed E-state index contributed by atoms with van der Waals surface area (Å²) in [5.74, 6) is -0.00133. The minimum Gasteiger partial charge on any atom is -0.492 e. The first kappa shape index (κ1) is 14.8. The monoisotopic (exact) mass is 313 g/mol. The van der Waals surface area contributed by atoms with E-state index in [2.05, 4.69) is 10.3 Å². The zero-order valence-electron chi connectivity index (χ0n) is 12.5. The van der Waals surface area contributed by atoms with Crippen molar-refractivity contribution in [2.24, 2.45) is 0 Å². The number of rotatable bonds is 6. The predicted octanol–water partition coefficient (Wildman–Crippen LogP) is 2.62. The summed E-state index contributed by atoms with van der Waals surface area (Å²) in [6, 6.07) is 11.0. The minimum absolute atomic E-state index is 0.143. The van der Waals surface area contributed by atoms with Crippen LogP contribution in [0.15, 0.2) is 47.1 Å². The van der Waals surface area contributed by atoms with Crippen molar-refractivity contribution in [2.45, 2.75) is 13.5 Å². The van der Waals surface area contributed by atoms with Gasteiger partial charge in [0.15, 0.2) is 5.76 Å². The van der Waals surface area contributed by atoms with Crippen LogP contribution in [0.3, 0.4) is 0 Å². The van der Waals surface area contributed by atoms with Gasteiger partial charge in [0.25, 0.3) is 0 Å². The highest BCUT2D eigenvalue weighted by molar-refractivity contribution is 5.91. The maximum atomic E-state index is 11.3. The van der Waals surface area contributed by atoms with Gasteiger partial charge in [-0.15, -0.1) is 5.10 Å². The standard InChI is InChI=1S/C16H15N3O4/c1-11-4-6-12(7-5-11)22-10-8-19-15(13-3-2-9-23-13)14(16(20)21)17-18-19/h2-7,9H,8,10H2,1H3,(H,20,21). The molecule has 0 saturated heterocycles. The predicted molar refractivity (Wildman–Crippen MR) is 81.4 cm³/mol. The summed E-state index contributed by atoms with van der Waals surface area (Å²) in [6.07, 6.45) is 1.47. The fourth-order valence-electron chi connectivity index (χ4n) is 2.16. The molecule has 0 atom stereocenters. The molecule has 0 amide bonds. The van der Waals surface area contributed by atoms with E-state index in [1.807, 2.05) is 31.2 Å². The Hall–Kier alpha value is -3.09. The molecule has 1 aromatic carbocycles. The molecule has 0 aliphatic carbocycles. The molecule has 0 bridgehead atoms. The van der Waals surface area contributed by atoms with Crippen LogP contribution in [0, 0.1) is 6.92 Å². The quantitative estimate of drug-likeness (QED) is 0.752. The molecular weight excluding hydrogens is 298 g/mol. The van der Waals surface area contributed by atoms with Gasteiger partial charge in [0.1, 0.15) is 18.1 Å². The Labute approximate surface area is 132 Å². The first-order valence-electron chi connectivity index (χ1n) is 7.05. The van der Waals surface area contributed by atoms with Gasteiger partial charge >= 0.3 is 5.97 Å². The molecule has 2 aromatic heterocycles. The maximum Gasteiger partial charge on any atom is 0.358 e. The zero-order chi connectivity index (χ0) is 16.2. The van der Waals surface area contributed by atoms with E-state index in [1.165, 1.54) is 10.9 Å². The number of benzene rings is 1. The van der Waals surface area contributed by atoms with Crippen LogP contribution in [0.1, 0.15) is 16.1 Å². The number of hydrogen-bond donors (Lipinski definition) is 1. The molecule has 0 radical (unpaired) electrons. The zero-order valence-corrected chi connectivity index (χ0v) is 12.5. The Bertz CT molecular complexity index is 791. The summed E-state index contributed by atoms with van der Waals surface area (Å²) in [5, 5.41) is 16.8. The van der Waals surface area contributed by atoms with Gasteiger partial charge in [0, 0.05) is 0 Å². The van der Waals surface area contributed by atoms with Crippen molar-refractivity contribution in [3.8, 4) is 17.2 Å². The molecule has 118 valence electrons. The molecule has 0 saturated carbocycles. The first-order chi connectivity index (χ1) is 11.1. The summed E-state index contributed by atoms with van der Waals surface area (Å²) in [7, 11) is 0. The van der Waals surface area contributed by atoms with Crippen molar-refractivity contribution in [1.82, 2.24) is 15.0 Å². The Balaban J connectivity index is 1.75. The van der Waals surface area contributed by atoms with Crippen molar-refractivity contribution in [3.05, 3.63) is 53.9 Å². The smallest absolute Gasteiger partial charge is 0.358 e. The van der Waals surface area contributed by atoms with Crippen LogP contribution < -0.4 is 4.74 Å². The van der Waals surface area contributed by atoms with Gasteiger partial charge in [0.2, 0.25) is 5.69 Å². The highest BCUT2D eigenvalue weighted by Gasteiger charge is 2.22. The van der Waals surface area contributed by atoms with Crippen molar-refractivity contribution in [1.29, 1.82) is 0 Å². The second-order valence-electron chi connectivity index (χ2n) is 4.95. The van der Waals surface area contributed by atoms with Crippen LogP contribution in [-0.2, 0) is 6.54 Å². The van der Waals surface area contributed by atoms with E-state index >= 15 is 0 Å². The topological polar surface area (TPSA) is 90.4 Å². The molecule has 0 unspecified atom stereocenters. The van der Waals surface area contributed by atoms with Gasteiger partial charge < -0.3 is 14.3 Å². The van der Waals surface area contributed by atoms with Crippen LogP contribution in [0.5, 0.6) is 5.75 Å². The average Bonchev–Trinajstić information content (AvgIpc) is 3.18. The minimum atomic E-state index is -1.15. The molecule has 0 aliphatic rings. The fourth-order valence-corrected chi connectivity index (χ4v) is 2.16. The Morgan fingerprint density at radius 1 is 1.30 bits per heavy atom. The number of ether oxygens (including phenoxy) is 1. The fraction of sp³-hybridized carbons (Fsp3) is 0.188. The van der Waals surface area contributed by atoms with E-state index in [0.29, 0.717) is 24.6 Å². The third-order valence-electron chi connectivity index (χ3n) is 3.29. The number of carbonyl (C=O) groups is 1. The normalized spacial score (nSPS) is 10.7. The summed E-state index contributed by atoms with van der Waals surface area (Å²) >= 11 is 0. The van der Waals surface area contributed by atoms with Gasteiger partial charge in [0.05, 0.1) is 12.8 Å². The van der Waals surface area contributed by atoms with E-state index in [1.54, 1.807) is 12.1 Å². The Morgan fingerprint density at radius 2 is 2.09 bits per heavy atom. The molecule has 2 heterocycles. The summed E-state index contributed by atoms with van der Waals surface area (Å²) in [5.41, 5.74) is 1.34. The molecule has 0 spiro atoms. The molecule has 3 aromatic rings. The third-order valence-corrected chi connectivity index (χ3v) is 3.29. The molecule has 23 heavy (non-hydrogen) atoms. The van der Waals surface area contributed by atoms with Crippen molar-refractivity contribution in [3.63, 3.8) is 0 Å². The van der Waals surface area contributed by atoms with E-state index < -0.39 is 5.97 Å². The number of aromatic carboxylic acids is 1. The SMILES string of the molecule is Cc1ccc(OCCn2nnc(C(=O)O)c2-c2ccco2)cc1. The lowest BCUT2D eigenvalue weighted by Gasteiger charge is -2.08.